The first-order valence-corrected chi connectivity index (χ1v) is 5.96. The summed E-state index contributed by atoms with van der Waals surface area (Å²) in [5, 5.41) is 0. The van der Waals surface area contributed by atoms with E-state index in [1.54, 1.807) is 25.6 Å². The van der Waals surface area contributed by atoms with Crippen molar-refractivity contribution in [1.29, 1.82) is 0 Å². The zero-order chi connectivity index (χ0) is 12.7. The highest BCUT2D eigenvalue weighted by atomic mass is 16.2. The summed E-state index contributed by atoms with van der Waals surface area (Å²) in [5.41, 5.74) is 0.819. The number of aromatic amines is 1. The highest BCUT2D eigenvalue weighted by Crippen LogP contribution is 2.35. The second kappa shape index (κ2) is 3.97. The summed E-state index contributed by atoms with van der Waals surface area (Å²) in [6.07, 6.45) is 7.50. The van der Waals surface area contributed by atoms with Crippen molar-refractivity contribution in [3.63, 3.8) is 0 Å². The van der Waals surface area contributed by atoms with Crippen LogP contribution in [0.15, 0.2) is 28.3 Å². The van der Waals surface area contributed by atoms with Gasteiger partial charge in [0.2, 0.25) is 0 Å². The van der Waals surface area contributed by atoms with Gasteiger partial charge in [-0.05, 0) is 19.8 Å². The Kier molecular flexibility index (Phi) is 2.43. The summed E-state index contributed by atoms with van der Waals surface area (Å²) in [4.78, 5) is 29.4. The smallest absolute Gasteiger partial charge is 0.328 e. The second-order valence-electron chi connectivity index (χ2n) is 4.72. The Morgan fingerprint density at radius 3 is 2.94 bits per heavy atom. The minimum atomic E-state index is -0.380. The molecule has 3 rings (SSSR count). The van der Waals surface area contributed by atoms with Gasteiger partial charge in [-0.3, -0.25) is 14.3 Å². The molecule has 0 radical (unpaired) electrons. The zero-order valence-electron chi connectivity index (χ0n) is 10.1. The van der Waals surface area contributed by atoms with Crippen LogP contribution in [0, 0.1) is 6.92 Å². The van der Waals surface area contributed by atoms with Gasteiger partial charge in [-0.2, -0.15) is 0 Å². The third-order valence-corrected chi connectivity index (χ3v) is 3.21. The predicted octanol–water partition coefficient (Wildman–Crippen LogP) is 0.425. The monoisotopic (exact) mass is 246 g/mol. The van der Waals surface area contributed by atoms with Crippen LogP contribution in [0.4, 0.5) is 0 Å². The van der Waals surface area contributed by atoms with Gasteiger partial charge in [-0.1, -0.05) is 0 Å². The molecule has 6 nitrogen and oxygen atoms in total. The van der Waals surface area contributed by atoms with Crippen LogP contribution in [-0.4, -0.2) is 19.1 Å². The van der Waals surface area contributed by atoms with E-state index in [0.29, 0.717) is 18.2 Å². The molecule has 0 saturated heterocycles. The van der Waals surface area contributed by atoms with Crippen LogP contribution in [-0.2, 0) is 6.54 Å². The number of H-pyrrole nitrogens is 1. The molecule has 0 unspecified atom stereocenters. The van der Waals surface area contributed by atoms with Crippen molar-refractivity contribution in [2.24, 2.45) is 0 Å². The summed E-state index contributed by atoms with van der Waals surface area (Å²) < 4.78 is 3.61. The first-order valence-electron chi connectivity index (χ1n) is 5.96. The topological polar surface area (TPSA) is 72.7 Å². The zero-order valence-corrected chi connectivity index (χ0v) is 10.1. The van der Waals surface area contributed by atoms with Gasteiger partial charge in [0.05, 0.1) is 18.6 Å². The molecule has 0 bridgehead atoms. The van der Waals surface area contributed by atoms with Gasteiger partial charge in [-0.25, -0.2) is 9.78 Å². The van der Waals surface area contributed by atoms with Gasteiger partial charge in [0, 0.05) is 24.0 Å². The summed E-state index contributed by atoms with van der Waals surface area (Å²) in [6.45, 7) is 2.12. The first kappa shape index (κ1) is 11.0. The fourth-order valence-corrected chi connectivity index (χ4v) is 2.05. The maximum Gasteiger partial charge on any atom is 0.328 e. The Hall–Kier alpha value is -2.11. The molecule has 1 aliphatic rings. The van der Waals surface area contributed by atoms with Crippen LogP contribution in [0.2, 0.25) is 0 Å². The second-order valence-corrected chi connectivity index (χ2v) is 4.72. The number of hydrogen-bond donors (Lipinski definition) is 1. The Bertz CT molecular complexity index is 691. The van der Waals surface area contributed by atoms with Gasteiger partial charge in [0.1, 0.15) is 0 Å². The number of imidazole rings is 1. The molecule has 0 aliphatic heterocycles. The lowest BCUT2D eigenvalue weighted by molar-refractivity contribution is 0.631. The van der Waals surface area contributed by atoms with E-state index in [4.69, 9.17) is 0 Å². The Morgan fingerprint density at radius 1 is 1.44 bits per heavy atom. The molecule has 1 fully saturated rings. The van der Waals surface area contributed by atoms with Crippen molar-refractivity contribution in [3.05, 3.63) is 50.8 Å². The maximum absolute atomic E-state index is 11.7. The molecule has 6 heteroatoms. The number of aromatic nitrogens is 4. The van der Waals surface area contributed by atoms with E-state index in [0.717, 1.165) is 5.69 Å². The van der Waals surface area contributed by atoms with E-state index in [1.165, 1.54) is 17.4 Å². The third kappa shape index (κ3) is 1.90. The van der Waals surface area contributed by atoms with Crippen LogP contribution in [0.3, 0.4) is 0 Å². The van der Waals surface area contributed by atoms with E-state index >= 15 is 0 Å². The van der Waals surface area contributed by atoms with Crippen molar-refractivity contribution < 1.29 is 0 Å². The largest absolute Gasteiger partial charge is 0.330 e. The van der Waals surface area contributed by atoms with Crippen molar-refractivity contribution in [2.75, 3.05) is 0 Å². The number of rotatable bonds is 3. The number of aryl methyl sites for hydroxylation is 1. The number of nitrogens with one attached hydrogen (secondary N) is 1. The summed E-state index contributed by atoms with van der Waals surface area (Å²) in [6, 6.07) is 0.530. The molecule has 2 aromatic rings. The van der Waals surface area contributed by atoms with Crippen LogP contribution < -0.4 is 11.2 Å². The molecule has 0 aromatic carbocycles. The van der Waals surface area contributed by atoms with E-state index in [9.17, 15) is 9.59 Å². The predicted molar refractivity (Wildman–Crippen MR) is 65.7 cm³/mol. The Balaban J connectivity index is 1.97. The minimum absolute atomic E-state index is 0.327. The molecular formula is C12H14N4O2. The molecule has 1 saturated carbocycles. The van der Waals surface area contributed by atoms with Gasteiger partial charge in [-0.15, -0.1) is 0 Å². The summed E-state index contributed by atoms with van der Waals surface area (Å²) in [5.74, 6) is 0. The molecule has 1 N–H and O–H groups in total. The van der Waals surface area contributed by atoms with E-state index in [-0.39, 0.29) is 11.2 Å². The van der Waals surface area contributed by atoms with E-state index in [2.05, 4.69) is 14.5 Å². The molecule has 2 aromatic heterocycles. The fraction of sp³-hybridized carbons (Fsp3) is 0.417. The molecule has 2 heterocycles. The van der Waals surface area contributed by atoms with Gasteiger partial charge in [0.15, 0.2) is 0 Å². The molecule has 94 valence electrons. The normalized spacial score (nSPS) is 14.9. The molecular weight excluding hydrogens is 232 g/mol. The molecule has 18 heavy (non-hydrogen) atoms. The van der Waals surface area contributed by atoms with Crippen molar-refractivity contribution in [1.82, 2.24) is 19.1 Å². The highest BCUT2D eigenvalue weighted by molar-refractivity contribution is 5.07. The van der Waals surface area contributed by atoms with Crippen LogP contribution in [0.1, 0.15) is 30.1 Å². The van der Waals surface area contributed by atoms with Crippen LogP contribution in [0.25, 0.3) is 0 Å². The summed E-state index contributed by atoms with van der Waals surface area (Å²) in [7, 11) is 0. The van der Waals surface area contributed by atoms with Crippen molar-refractivity contribution in [3.8, 4) is 0 Å². The SMILES string of the molecule is Cc1cn(Cc2cncn2C2CC2)c(=O)[nH]c1=O. The average Bonchev–Trinajstić information content (AvgIpc) is 3.07. The van der Waals surface area contributed by atoms with Crippen LogP contribution >= 0.6 is 0 Å². The lowest BCUT2D eigenvalue weighted by atomic mass is 10.3. The molecule has 0 atom stereocenters. The Labute approximate surface area is 103 Å². The average molecular weight is 246 g/mol. The highest BCUT2D eigenvalue weighted by Gasteiger charge is 2.25. The molecule has 1 aliphatic carbocycles. The molecule has 0 spiro atoms. The third-order valence-electron chi connectivity index (χ3n) is 3.21. The quantitative estimate of drug-likeness (QED) is 0.853. The Morgan fingerprint density at radius 2 is 2.22 bits per heavy atom. The number of nitrogens with zero attached hydrogens (tertiary/aromatic N) is 3. The van der Waals surface area contributed by atoms with E-state index in [1.807, 2.05) is 0 Å². The van der Waals surface area contributed by atoms with Gasteiger partial charge >= 0.3 is 5.69 Å². The lowest BCUT2D eigenvalue weighted by Crippen LogP contribution is -2.31. The standard InChI is InChI=1S/C12H14N4O2/c1-8-5-15(12(18)14-11(8)17)6-10-4-13-7-16(10)9-2-3-9/h4-5,7,9H,2-3,6H2,1H3,(H,14,17,18). The van der Waals surface area contributed by atoms with Crippen molar-refractivity contribution >= 4 is 0 Å². The lowest BCUT2D eigenvalue weighted by Gasteiger charge is -2.08. The summed E-state index contributed by atoms with van der Waals surface area (Å²) >= 11 is 0. The van der Waals surface area contributed by atoms with Crippen LogP contribution in [0.5, 0.6) is 0 Å². The number of hydrogen-bond acceptors (Lipinski definition) is 3. The fourth-order valence-electron chi connectivity index (χ4n) is 2.05. The van der Waals surface area contributed by atoms with Crippen molar-refractivity contribution in [2.45, 2.75) is 32.4 Å². The van der Waals surface area contributed by atoms with Gasteiger partial charge < -0.3 is 4.57 Å². The first-order chi connectivity index (χ1) is 8.65. The van der Waals surface area contributed by atoms with E-state index < -0.39 is 0 Å². The maximum atomic E-state index is 11.7. The molecule has 0 amide bonds. The van der Waals surface area contributed by atoms with Gasteiger partial charge in [0.25, 0.3) is 5.56 Å². The minimum Gasteiger partial charge on any atom is -0.330 e.